The third kappa shape index (κ3) is 12.6. The van der Waals surface area contributed by atoms with Crippen molar-refractivity contribution in [2.45, 2.75) is 105 Å². The first-order valence-electron chi connectivity index (χ1n) is 15.0. The van der Waals surface area contributed by atoms with E-state index in [0.717, 1.165) is 0 Å². The average Bonchev–Trinajstić information content (AvgIpc) is 2.93. The second-order valence-electron chi connectivity index (χ2n) is 11.7. The van der Waals surface area contributed by atoms with Gasteiger partial charge in [-0.05, 0) is 38.0 Å². The minimum atomic E-state index is -1.25. The smallest absolute Gasteiger partial charge is 0.252 e. The first kappa shape index (κ1) is 37.3. The molecular weight excluding hydrogens is 556 g/mol. The fourth-order valence-electron chi connectivity index (χ4n) is 4.37. The van der Waals surface area contributed by atoms with E-state index in [9.17, 15) is 34.3 Å². The second-order valence-corrected chi connectivity index (χ2v) is 11.7. The van der Waals surface area contributed by atoms with E-state index in [0.29, 0.717) is 24.1 Å². The fraction of sp³-hybridized carbons (Fsp3) is 0.667. The van der Waals surface area contributed by atoms with Crippen molar-refractivity contribution in [3.63, 3.8) is 0 Å². The Balaban J connectivity index is 2.91. The number of nitrogens with zero attached hydrogens (tertiary/aromatic N) is 1. The van der Waals surface area contributed by atoms with Crippen molar-refractivity contribution in [2.24, 2.45) is 17.8 Å². The highest BCUT2D eigenvalue weighted by atomic mass is 16.5. The number of rotatable bonds is 17. The Morgan fingerprint density at radius 3 is 1.95 bits per heavy atom. The summed E-state index contributed by atoms with van der Waals surface area (Å²) in [7, 11) is 0. The molecule has 1 aromatic heterocycles. The number of aliphatic hydroxyl groups is 1. The van der Waals surface area contributed by atoms with Gasteiger partial charge in [-0.15, -0.1) is 0 Å². The van der Waals surface area contributed by atoms with Crippen molar-refractivity contribution in [2.75, 3.05) is 6.54 Å². The van der Waals surface area contributed by atoms with Crippen LogP contribution >= 0.6 is 0 Å². The molecule has 1 heterocycles. The van der Waals surface area contributed by atoms with Crippen LogP contribution in [-0.2, 0) is 19.2 Å². The van der Waals surface area contributed by atoms with Crippen LogP contribution in [0.5, 0.6) is 0 Å². The summed E-state index contributed by atoms with van der Waals surface area (Å²) in [5.41, 5.74) is 0.208. The van der Waals surface area contributed by atoms with Crippen LogP contribution in [0.2, 0.25) is 0 Å². The first-order chi connectivity index (χ1) is 20.1. The minimum Gasteiger partial charge on any atom is -0.619 e. The monoisotopic (exact) mass is 606 g/mol. The Morgan fingerprint density at radius 2 is 1.44 bits per heavy atom. The SMILES string of the molecule is CCNC(=O)[C@@H](NC(=O)C[C@H](O)[C@H](CC(C)C)NC(=O)[C@H](C)NC(=O)[C@@H](NC(=O)c1cc[n+]([O-])cc1)[C@@H](C)CC)C(C)C. The summed E-state index contributed by atoms with van der Waals surface area (Å²) < 4.78 is 0.542. The van der Waals surface area contributed by atoms with Crippen LogP contribution in [0.3, 0.4) is 0 Å². The molecule has 0 aliphatic rings. The van der Waals surface area contributed by atoms with E-state index < -0.39 is 53.9 Å². The topological polar surface area (TPSA) is 193 Å². The van der Waals surface area contributed by atoms with Gasteiger partial charge in [-0.25, -0.2) is 0 Å². The van der Waals surface area contributed by atoms with Crippen molar-refractivity contribution in [1.29, 1.82) is 0 Å². The Labute approximate surface area is 254 Å². The van der Waals surface area contributed by atoms with Crippen LogP contribution < -0.4 is 31.3 Å². The van der Waals surface area contributed by atoms with Crippen molar-refractivity contribution in [1.82, 2.24) is 26.6 Å². The molecule has 13 heteroatoms. The van der Waals surface area contributed by atoms with E-state index in [4.69, 9.17) is 0 Å². The second kappa shape index (κ2) is 18.0. The number of amides is 5. The quantitative estimate of drug-likeness (QED) is 0.110. The van der Waals surface area contributed by atoms with E-state index >= 15 is 0 Å². The predicted octanol–water partition coefficient (Wildman–Crippen LogP) is 0.528. The highest BCUT2D eigenvalue weighted by Crippen LogP contribution is 2.13. The van der Waals surface area contributed by atoms with Crippen molar-refractivity contribution >= 4 is 29.5 Å². The van der Waals surface area contributed by atoms with Gasteiger partial charge in [0.25, 0.3) is 5.91 Å². The van der Waals surface area contributed by atoms with Gasteiger partial charge in [0.15, 0.2) is 12.4 Å². The molecule has 0 aliphatic carbocycles. The highest BCUT2D eigenvalue weighted by molar-refractivity contribution is 5.98. The van der Waals surface area contributed by atoms with Gasteiger partial charge < -0.3 is 36.9 Å². The summed E-state index contributed by atoms with van der Waals surface area (Å²) in [6, 6.07) is -0.859. The van der Waals surface area contributed by atoms with E-state index in [-0.39, 0.29) is 35.6 Å². The maximum atomic E-state index is 13.2. The molecule has 5 amide bonds. The molecule has 6 atom stereocenters. The van der Waals surface area contributed by atoms with Crippen LogP contribution in [0.25, 0.3) is 0 Å². The average molecular weight is 607 g/mol. The molecule has 13 nitrogen and oxygen atoms in total. The van der Waals surface area contributed by atoms with Gasteiger partial charge in [0, 0.05) is 18.7 Å². The van der Waals surface area contributed by atoms with Gasteiger partial charge in [0.05, 0.1) is 24.1 Å². The van der Waals surface area contributed by atoms with Crippen LogP contribution in [-0.4, -0.2) is 71.5 Å². The zero-order valence-corrected chi connectivity index (χ0v) is 26.6. The van der Waals surface area contributed by atoms with Gasteiger partial charge in [0.2, 0.25) is 23.6 Å². The summed E-state index contributed by atoms with van der Waals surface area (Å²) in [4.78, 5) is 64.1. The van der Waals surface area contributed by atoms with Gasteiger partial charge in [-0.1, -0.05) is 48.0 Å². The molecule has 0 fully saturated rings. The standard InChI is InChI=1S/C30H50N6O7/c1-9-19(7)26(35-28(40)21-11-13-36(43)14-12-21)30(42)32-20(8)27(39)33-22(15-17(3)4)23(37)16-24(38)34-25(18(5)6)29(41)31-10-2/h11-14,17-20,22-23,25-26,37H,9-10,15-16H2,1-8H3,(H,31,41)(H,32,42)(H,33,39)(H,34,38)(H,35,40)/t19-,20-,22-,23-,25-,26-/m0/s1. The molecule has 242 valence electrons. The van der Waals surface area contributed by atoms with Gasteiger partial charge in [-0.3, -0.25) is 24.0 Å². The Hall–Kier alpha value is -3.74. The Kier molecular flexibility index (Phi) is 15.6. The van der Waals surface area contributed by atoms with Gasteiger partial charge in [-0.2, -0.15) is 4.73 Å². The van der Waals surface area contributed by atoms with Crippen molar-refractivity contribution < 1.29 is 33.8 Å². The van der Waals surface area contributed by atoms with Crippen LogP contribution in [0.1, 0.15) is 85.0 Å². The number of hydrogen-bond acceptors (Lipinski definition) is 7. The number of nitrogens with one attached hydrogen (secondary N) is 5. The number of pyridine rings is 1. The largest absolute Gasteiger partial charge is 0.619 e. The maximum Gasteiger partial charge on any atom is 0.252 e. The normalized spacial score (nSPS) is 15.4. The van der Waals surface area contributed by atoms with E-state index in [2.05, 4.69) is 26.6 Å². The molecule has 0 radical (unpaired) electrons. The lowest BCUT2D eigenvalue weighted by molar-refractivity contribution is -0.605. The number of hydrogen-bond donors (Lipinski definition) is 6. The summed E-state index contributed by atoms with van der Waals surface area (Å²) in [5.74, 6) is -2.90. The van der Waals surface area contributed by atoms with E-state index in [1.54, 1.807) is 27.7 Å². The number of likely N-dealkylation sites (N-methyl/N-ethyl adjacent to an activating group) is 1. The van der Waals surface area contributed by atoms with Crippen LogP contribution in [0.4, 0.5) is 0 Å². The number of aliphatic hydroxyl groups excluding tert-OH is 1. The molecule has 1 aromatic rings. The number of carbonyl (C=O) groups excluding carboxylic acids is 5. The highest BCUT2D eigenvalue weighted by Gasteiger charge is 2.32. The summed E-state index contributed by atoms with van der Waals surface area (Å²) in [6.07, 6.45) is 1.69. The zero-order chi connectivity index (χ0) is 32.9. The Bertz CT molecular complexity index is 1080. The van der Waals surface area contributed by atoms with Gasteiger partial charge >= 0.3 is 0 Å². The molecule has 0 aliphatic heterocycles. The fourth-order valence-corrected chi connectivity index (χ4v) is 4.37. The molecule has 43 heavy (non-hydrogen) atoms. The van der Waals surface area contributed by atoms with Crippen molar-refractivity contribution in [3.8, 4) is 0 Å². The van der Waals surface area contributed by atoms with E-state index in [1.165, 1.54) is 31.5 Å². The summed E-state index contributed by atoms with van der Waals surface area (Å²) >= 11 is 0. The Morgan fingerprint density at radius 1 is 0.837 bits per heavy atom. The number of aromatic nitrogens is 1. The lowest BCUT2D eigenvalue weighted by Crippen LogP contribution is -2.57. The molecule has 1 rings (SSSR count). The molecule has 0 saturated heterocycles. The number of carbonyl (C=O) groups is 5. The van der Waals surface area contributed by atoms with Crippen LogP contribution in [0.15, 0.2) is 24.5 Å². The summed E-state index contributed by atoms with van der Waals surface area (Å²) in [5, 5.41) is 35.6. The van der Waals surface area contributed by atoms with Crippen molar-refractivity contribution in [3.05, 3.63) is 35.3 Å². The molecule has 0 unspecified atom stereocenters. The third-order valence-electron chi connectivity index (χ3n) is 7.13. The lowest BCUT2D eigenvalue weighted by Gasteiger charge is -2.29. The molecule has 0 saturated carbocycles. The first-order valence-corrected chi connectivity index (χ1v) is 15.0. The minimum absolute atomic E-state index is 0.0609. The van der Waals surface area contributed by atoms with Gasteiger partial charge in [0.1, 0.15) is 18.1 Å². The predicted molar refractivity (Wildman–Crippen MR) is 161 cm³/mol. The summed E-state index contributed by atoms with van der Waals surface area (Å²) in [6.45, 7) is 14.7. The molecular formula is C30H50N6O7. The molecule has 0 bridgehead atoms. The van der Waals surface area contributed by atoms with E-state index in [1.807, 2.05) is 20.8 Å². The third-order valence-corrected chi connectivity index (χ3v) is 7.13. The maximum absolute atomic E-state index is 13.2. The van der Waals surface area contributed by atoms with Crippen LogP contribution in [0, 0.1) is 23.0 Å². The zero-order valence-electron chi connectivity index (χ0n) is 26.6. The lowest BCUT2D eigenvalue weighted by atomic mass is 9.96. The molecule has 6 N–H and O–H groups in total. The molecule has 0 aromatic carbocycles. The molecule has 0 spiro atoms.